The van der Waals surface area contributed by atoms with Gasteiger partial charge < -0.3 is 10.1 Å². The van der Waals surface area contributed by atoms with Crippen molar-refractivity contribution in [3.8, 4) is 0 Å². The Hall–Kier alpha value is -1.19. The van der Waals surface area contributed by atoms with Crippen LogP contribution in [0.25, 0.3) is 10.9 Å². The summed E-state index contributed by atoms with van der Waals surface area (Å²) in [7, 11) is 0. The number of hydrogen-bond donors (Lipinski definition) is 2. The minimum absolute atomic E-state index is 0.0792. The molecule has 2 N–H and O–H groups in total. The van der Waals surface area contributed by atoms with E-state index in [1.54, 1.807) is 12.3 Å². The predicted octanol–water partition coefficient (Wildman–Crippen LogP) is 3.49. The van der Waals surface area contributed by atoms with E-state index in [1.165, 1.54) is 0 Å². The van der Waals surface area contributed by atoms with Crippen LogP contribution in [0.3, 0.4) is 0 Å². The summed E-state index contributed by atoms with van der Waals surface area (Å²) in [5, 5.41) is 10.4. The SMILES string of the molecule is O=C(O)CCc1c[nH]c2ccc(Cl)c(Cl)c12. The molecular weight excluding hydrogens is 249 g/mol. The Morgan fingerprint density at radius 3 is 2.81 bits per heavy atom. The van der Waals surface area contributed by atoms with Crippen LogP contribution in [0.1, 0.15) is 12.0 Å². The summed E-state index contributed by atoms with van der Waals surface area (Å²) in [6.07, 6.45) is 2.29. The lowest BCUT2D eigenvalue weighted by molar-refractivity contribution is -0.136. The molecule has 0 amide bonds. The normalized spacial score (nSPS) is 10.9. The molecule has 2 aromatic rings. The molecule has 3 nitrogen and oxygen atoms in total. The van der Waals surface area contributed by atoms with Crippen molar-refractivity contribution in [1.82, 2.24) is 4.98 Å². The van der Waals surface area contributed by atoms with E-state index in [9.17, 15) is 4.79 Å². The maximum absolute atomic E-state index is 10.5. The van der Waals surface area contributed by atoms with Crippen LogP contribution in [-0.4, -0.2) is 16.1 Å². The van der Waals surface area contributed by atoms with Crippen LogP contribution in [0.5, 0.6) is 0 Å². The molecule has 0 aliphatic carbocycles. The number of carboxylic acid groups (broad SMARTS) is 1. The van der Waals surface area contributed by atoms with Crippen molar-refractivity contribution in [3.63, 3.8) is 0 Å². The first-order chi connectivity index (χ1) is 7.59. The average Bonchev–Trinajstić information content (AvgIpc) is 2.64. The van der Waals surface area contributed by atoms with E-state index in [2.05, 4.69) is 4.98 Å². The molecule has 2 rings (SSSR count). The van der Waals surface area contributed by atoms with Crippen LogP contribution >= 0.6 is 23.2 Å². The molecule has 0 aliphatic rings. The maximum Gasteiger partial charge on any atom is 0.303 e. The molecule has 0 aliphatic heterocycles. The van der Waals surface area contributed by atoms with Gasteiger partial charge in [0.25, 0.3) is 0 Å². The molecule has 0 saturated carbocycles. The Kier molecular flexibility index (Phi) is 3.08. The van der Waals surface area contributed by atoms with Crippen LogP contribution in [0, 0.1) is 0 Å². The molecule has 0 spiro atoms. The highest BCUT2D eigenvalue weighted by atomic mass is 35.5. The molecule has 0 radical (unpaired) electrons. The van der Waals surface area contributed by atoms with E-state index in [4.69, 9.17) is 28.3 Å². The first-order valence-corrected chi connectivity index (χ1v) is 5.51. The fourth-order valence-electron chi connectivity index (χ4n) is 1.66. The van der Waals surface area contributed by atoms with Gasteiger partial charge in [0.2, 0.25) is 0 Å². The number of aliphatic carboxylic acids is 1. The summed E-state index contributed by atoms with van der Waals surface area (Å²) in [6.45, 7) is 0. The van der Waals surface area contributed by atoms with Gasteiger partial charge in [0, 0.05) is 23.5 Å². The number of halogens is 2. The van der Waals surface area contributed by atoms with Gasteiger partial charge in [-0.2, -0.15) is 0 Å². The van der Waals surface area contributed by atoms with Crippen molar-refractivity contribution < 1.29 is 9.90 Å². The Morgan fingerprint density at radius 2 is 2.12 bits per heavy atom. The summed E-state index contributed by atoms with van der Waals surface area (Å²) < 4.78 is 0. The molecule has 1 aromatic heterocycles. The molecule has 0 unspecified atom stereocenters. The Morgan fingerprint density at radius 1 is 1.38 bits per heavy atom. The minimum Gasteiger partial charge on any atom is -0.481 e. The number of fused-ring (bicyclic) bond motifs is 1. The topological polar surface area (TPSA) is 53.1 Å². The summed E-state index contributed by atoms with van der Waals surface area (Å²) in [5.41, 5.74) is 1.75. The van der Waals surface area contributed by atoms with Gasteiger partial charge in [-0.05, 0) is 24.1 Å². The third kappa shape index (κ3) is 2.01. The zero-order chi connectivity index (χ0) is 11.7. The number of H-pyrrole nitrogens is 1. The average molecular weight is 258 g/mol. The van der Waals surface area contributed by atoms with Gasteiger partial charge >= 0.3 is 5.97 Å². The molecule has 84 valence electrons. The number of hydrogen-bond acceptors (Lipinski definition) is 1. The second-order valence-electron chi connectivity index (χ2n) is 3.49. The first kappa shape index (κ1) is 11.3. The highest BCUT2D eigenvalue weighted by Gasteiger charge is 2.11. The number of nitrogens with one attached hydrogen (secondary N) is 1. The molecular formula is C11H9Cl2NO2. The maximum atomic E-state index is 10.5. The fraction of sp³-hybridized carbons (Fsp3) is 0.182. The first-order valence-electron chi connectivity index (χ1n) is 4.75. The van der Waals surface area contributed by atoms with E-state index in [-0.39, 0.29) is 6.42 Å². The lowest BCUT2D eigenvalue weighted by Gasteiger charge is -2.01. The number of aromatic amines is 1. The van der Waals surface area contributed by atoms with Gasteiger partial charge in [-0.1, -0.05) is 23.2 Å². The number of aromatic nitrogens is 1. The lowest BCUT2D eigenvalue weighted by Crippen LogP contribution is -1.96. The molecule has 0 saturated heterocycles. The molecule has 0 atom stereocenters. The Labute approximate surface area is 102 Å². The number of rotatable bonds is 3. The van der Waals surface area contributed by atoms with E-state index in [0.29, 0.717) is 16.5 Å². The summed E-state index contributed by atoms with van der Waals surface area (Å²) >= 11 is 12.0. The van der Waals surface area contributed by atoms with E-state index in [0.717, 1.165) is 16.5 Å². The zero-order valence-corrected chi connectivity index (χ0v) is 9.77. The standard InChI is InChI=1S/C11H9Cl2NO2/c12-7-2-3-8-10(11(7)13)6(5-14-8)1-4-9(15)16/h2-3,5,14H,1,4H2,(H,15,16). The highest BCUT2D eigenvalue weighted by molar-refractivity contribution is 6.45. The van der Waals surface area contributed by atoms with Crippen molar-refractivity contribution in [1.29, 1.82) is 0 Å². The molecule has 1 aromatic carbocycles. The molecule has 0 fully saturated rings. The summed E-state index contributed by atoms with van der Waals surface area (Å²) in [5.74, 6) is -0.826. The predicted molar refractivity (Wildman–Crippen MR) is 64.3 cm³/mol. The second kappa shape index (κ2) is 4.36. The van der Waals surface area contributed by atoms with Gasteiger partial charge in [0.1, 0.15) is 0 Å². The van der Waals surface area contributed by atoms with Crippen molar-refractivity contribution >= 4 is 40.1 Å². The number of carbonyl (C=O) groups is 1. The van der Waals surface area contributed by atoms with Gasteiger partial charge in [-0.3, -0.25) is 4.79 Å². The van der Waals surface area contributed by atoms with E-state index >= 15 is 0 Å². The molecule has 0 bridgehead atoms. The molecule has 1 heterocycles. The monoisotopic (exact) mass is 257 g/mol. The van der Waals surface area contributed by atoms with Crippen molar-refractivity contribution in [2.45, 2.75) is 12.8 Å². The fourth-order valence-corrected chi connectivity index (χ4v) is 2.10. The third-order valence-corrected chi connectivity index (χ3v) is 3.23. The van der Waals surface area contributed by atoms with Crippen molar-refractivity contribution in [2.24, 2.45) is 0 Å². The Bertz CT molecular complexity index is 548. The minimum atomic E-state index is -0.826. The summed E-state index contributed by atoms with van der Waals surface area (Å²) in [6, 6.07) is 3.54. The van der Waals surface area contributed by atoms with E-state index in [1.807, 2.05) is 6.07 Å². The number of carboxylic acids is 1. The van der Waals surface area contributed by atoms with E-state index < -0.39 is 5.97 Å². The van der Waals surface area contributed by atoms with Crippen LogP contribution in [-0.2, 0) is 11.2 Å². The summed E-state index contributed by atoms with van der Waals surface area (Å²) in [4.78, 5) is 13.6. The van der Waals surface area contributed by atoms with Crippen LogP contribution in [0.4, 0.5) is 0 Å². The number of aryl methyl sites for hydroxylation is 1. The number of benzene rings is 1. The third-order valence-electron chi connectivity index (χ3n) is 2.43. The van der Waals surface area contributed by atoms with Crippen LogP contribution in [0.15, 0.2) is 18.3 Å². The largest absolute Gasteiger partial charge is 0.481 e. The zero-order valence-electron chi connectivity index (χ0n) is 8.26. The van der Waals surface area contributed by atoms with Gasteiger partial charge in [-0.25, -0.2) is 0 Å². The second-order valence-corrected chi connectivity index (χ2v) is 4.28. The highest BCUT2D eigenvalue weighted by Crippen LogP contribution is 2.33. The lowest BCUT2D eigenvalue weighted by atomic mass is 10.1. The van der Waals surface area contributed by atoms with Gasteiger partial charge in [0.15, 0.2) is 0 Å². The van der Waals surface area contributed by atoms with Crippen molar-refractivity contribution in [2.75, 3.05) is 0 Å². The quantitative estimate of drug-likeness (QED) is 0.885. The van der Waals surface area contributed by atoms with Crippen molar-refractivity contribution in [3.05, 3.63) is 33.9 Å². The molecule has 5 heteroatoms. The van der Waals surface area contributed by atoms with Crippen LogP contribution < -0.4 is 0 Å². The van der Waals surface area contributed by atoms with Gasteiger partial charge in [0.05, 0.1) is 10.0 Å². The van der Waals surface area contributed by atoms with Gasteiger partial charge in [-0.15, -0.1) is 0 Å². The van der Waals surface area contributed by atoms with Crippen LogP contribution in [0.2, 0.25) is 10.0 Å². The smallest absolute Gasteiger partial charge is 0.303 e. The Balaban J connectivity index is 2.46. The molecule has 16 heavy (non-hydrogen) atoms.